The fourth-order valence-electron chi connectivity index (χ4n) is 1.69. The number of anilines is 1. The molecule has 0 spiro atoms. The lowest BCUT2D eigenvalue weighted by atomic mass is 10.3. The van der Waals surface area contributed by atoms with Crippen molar-refractivity contribution < 1.29 is 0 Å². The Labute approximate surface area is 104 Å². The van der Waals surface area contributed by atoms with E-state index in [1.54, 1.807) is 0 Å². The third-order valence-electron chi connectivity index (χ3n) is 2.69. The molecule has 1 heterocycles. The van der Waals surface area contributed by atoms with E-state index >= 15 is 0 Å². The first-order valence-electron chi connectivity index (χ1n) is 6.22. The van der Waals surface area contributed by atoms with Crippen LogP contribution in [0.3, 0.4) is 0 Å². The highest BCUT2D eigenvalue weighted by atomic mass is 15.2. The lowest BCUT2D eigenvalue weighted by molar-refractivity contribution is 0.413. The van der Waals surface area contributed by atoms with Crippen LogP contribution in [-0.2, 0) is 6.54 Å². The number of pyridine rings is 1. The number of hydrogen-bond acceptors (Lipinski definition) is 4. The Kier molecular flexibility index (Phi) is 5.94. The molecule has 0 atom stereocenters. The van der Waals surface area contributed by atoms with Crippen LogP contribution in [0.4, 0.5) is 5.69 Å². The van der Waals surface area contributed by atoms with E-state index in [0.717, 1.165) is 31.7 Å². The van der Waals surface area contributed by atoms with E-state index < -0.39 is 0 Å². The lowest BCUT2D eigenvalue weighted by Gasteiger charge is -2.25. The topological polar surface area (TPSA) is 45.4 Å². The van der Waals surface area contributed by atoms with Crippen LogP contribution in [0.1, 0.15) is 19.0 Å². The van der Waals surface area contributed by atoms with Gasteiger partial charge in [0, 0.05) is 26.2 Å². The van der Waals surface area contributed by atoms with Crippen LogP contribution in [0.5, 0.6) is 0 Å². The molecular weight excluding hydrogens is 212 g/mol. The number of nitrogens with zero attached hydrogens (tertiary/aromatic N) is 3. The van der Waals surface area contributed by atoms with Gasteiger partial charge in [-0.25, -0.2) is 0 Å². The molecule has 0 bridgehead atoms. The van der Waals surface area contributed by atoms with Crippen molar-refractivity contribution in [1.82, 2.24) is 9.88 Å². The standard InChI is InChI=1S/C13H24N4/c1-4-7-17(9-8-16(2)3)13-6-5-12(10-14)15-11-13/h5-6,11H,4,7-10,14H2,1-3H3. The Morgan fingerprint density at radius 3 is 2.41 bits per heavy atom. The van der Waals surface area contributed by atoms with Gasteiger partial charge in [-0.15, -0.1) is 0 Å². The van der Waals surface area contributed by atoms with Crippen LogP contribution in [0, 0.1) is 0 Å². The average Bonchev–Trinajstić information content (AvgIpc) is 2.34. The molecule has 96 valence electrons. The highest BCUT2D eigenvalue weighted by Crippen LogP contribution is 2.13. The second kappa shape index (κ2) is 7.25. The summed E-state index contributed by atoms with van der Waals surface area (Å²) in [7, 11) is 4.19. The summed E-state index contributed by atoms with van der Waals surface area (Å²) in [5.74, 6) is 0. The summed E-state index contributed by atoms with van der Waals surface area (Å²) in [6, 6.07) is 4.12. The Balaban J connectivity index is 2.67. The molecule has 0 fully saturated rings. The first kappa shape index (κ1) is 13.9. The van der Waals surface area contributed by atoms with Crippen molar-refractivity contribution in [2.45, 2.75) is 19.9 Å². The van der Waals surface area contributed by atoms with Gasteiger partial charge in [0.15, 0.2) is 0 Å². The molecule has 17 heavy (non-hydrogen) atoms. The highest BCUT2D eigenvalue weighted by Gasteiger charge is 2.06. The van der Waals surface area contributed by atoms with Gasteiger partial charge in [0.25, 0.3) is 0 Å². The van der Waals surface area contributed by atoms with Crippen LogP contribution in [0.25, 0.3) is 0 Å². The van der Waals surface area contributed by atoms with Gasteiger partial charge in [-0.3, -0.25) is 4.98 Å². The molecule has 0 aromatic carbocycles. The van der Waals surface area contributed by atoms with E-state index in [-0.39, 0.29) is 0 Å². The zero-order chi connectivity index (χ0) is 12.7. The normalized spacial score (nSPS) is 10.9. The summed E-state index contributed by atoms with van der Waals surface area (Å²) >= 11 is 0. The molecule has 0 aliphatic carbocycles. The van der Waals surface area contributed by atoms with E-state index in [9.17, 15) is 0 Å². The molecule has 0 aliphatic heterocycles. The quantitative estimate of drug-likeness (QED) is 0.775. The zero-order valence-corrected chi connectivity index (χ0v) is 11.2. The van der Waals surface area contributed by atoms with Gasteiger partial charge in [0.2, 0.25) is 0 Å². The first-order valence-corrected chi connectivity index (χ1v) is 6.22. The van der Waals surface area contributed by atoms with Crippen molar-refractivity contribution in [2.75, 3.05) is 38.6 Å². The third-order valence-corrected chi connectivity index (χ3v) is 2.69. The summed E-state index contributed by atoms with van der Waals surface area (Å²) < 4.78 is 0. The first-order chi connectivity index (χ1) is 8.17. The second-order valence-electron chi connectivity index (χ2n) is 4.50. The predicted octanol–water partition coefficient (Wildman–Crippen LogP) is 1.32. The molecule has 4 heteroatoms. The Morgan fingerprint density at radius 2 is 1.94 bits per heavy atom. The van der Waals surface area contributed by atoms with Crippen LogP contribution in [-0.4, -0.2) is 43.6 Å². The molecule has 4 nitrogen and oxygen atoms in total. The van der Waals surface area contributed by atoms with Gasteiger partial charge in [-0.1, -0.05) is 6.92 Å². The van der Waals surface area contributed by atoms with Crippen molar-refractivity contribution in [2.24, 2.45) is 5.73 Å². The van der Waals surface area contributed by atoms with E-state index in [2.05, 4.69) is 41.9 Å². The van der Waals surface area contributed by atoms with E-state index in [0.29, 0.717) is 6.54 Å². The molecule has 0 saturated heterocycles. The van der Waals surface area contributed by atoms with Gasteiger partial charge >= 0.3 is 0 Å². The number of nitrogens with two attached hydrogens (primary N) is 1. The highest BCUT2D eigenvalue weighted by molar-refractivity contribution is 5.44. The third kappa shape index (κ3) is 4.71. The predicted molar refractivity (Wildman–Crippen MR) is 73.2 cm³/mol. The summed E-state index contributed by atoms with van der Waals surface area (Å²) in [5.41, 5.74) is 7.68. The van der Waals surface area contributed by atoms with Gasteiger partial charge in [-0.2, -0.15) is 0 Å². The number of hydrogen-bond donors (Lipinski definition) is 1. The Hall–Kier alpha value is -1.13. The molecular formula is C13H24N4. The maximum atomic E-state index is 5.55. The van der Waals surface area contributed by atoms with Crippen LogP contribution < -0.4 is 10.6 Å². The SMILES string of the molecule is CCCN(CCN(C)C)c1ccc(CN)nc1. The Bertz CT molecular complexity index is 308. The fourth-order valence-corrected chi connectivity index (χ4v) is 1.69. The van der Waals surface area contributed by atoms with Gasteiger partial charge < -0.3 is 15.5 Å². The number of likely N-dealkylation sites (N-methyl/N-ethyl adjacent to an activating group) is 1. The van der Waals surface area contributed by atoms with E-state index in [1.807, 2.05) is 12.3 Å². The molecule has 2 N–H and O–H groups in total. The molecule has 0 amide bonds. The largest absolute Gasteiger partial charge is 0.369 e. The molecule has 1 aromatic rings. The number of aromatic nitrogens is 1. The van der Waals surface area contributed by atoms with Gasteiger partial charge in [0.05, 0.1) is 17.6 Å². The monoisotopic (exact) mass is 236 g/mol. The second-order valence-corrected chi connectivity index (χ2v) is 4.50. The molecule has 0 aliphatic rings. The lowest BCUT2D eigenvalue weighted by Crippen LogP contribution is -2.32. The summed E-state index contributed by atoms with van der Waals surface area (Å²) in [4.78, 5) is 8.91. The van der Waals surface area contributed by atoms with Crippen molar-refractivity contribution in [3.8, 4) is 0 Å². The molecule has 0 radical (unpaired) electrons. The van der Waals surface area contributed by atoms with Gasteiger partial charge in [0.1, 0.15) is 0 Å². The summed E-state index contributed by atoms with van der Waals surface area (Å²) in [6.45, 7) is 5.86. The minimum atomic E-state index is 0.506. The maximum absolute atomic E-state index is 5.55. The fraction of sp³-hybridized carbons (Fsp3) is 0.615. The van der Waals surface area contributed by atoms with E-state index in [4.69, 9.17) is 5.73 Å². The van der Waals surface area contributed by atoms with Crippen molar-refractivity contribution in [1.29, 1.82) is 0 Å². The average molecular weight is 236 g/mol. The van der Waals surface area contributed by atoms with Crippen molar-refractivity contribution in [3.63, 3.8) is 0 Å². The Morgan fingerprint density at radius 1 is 1.18 bits per heavy atom. The van der Waals surface area contributed by atoms with Crippen LogP contribution >= 0.6 is 0 Å². The van der Waals surface area contributed by atoms with E-state index in [1.165, 1.54) is 5.69 Å². The van der Waals surface area contributed by atoms with Gasteiger partial charge in [-0.05, 0) is 32.6 Å². The van der Waals surface area contributed by atoms with Crippen LogP contribution in [0.15, 0.2) is 18.3 Å². The maximum Gasteiger partial charge on any atom is 0.0553 e. The minimum absolute atomic E-state index is 0.506. The van der Waals surface area contributed by atoms with Crippen molar-refractivity contribution >= 4 is 5.69 Å². The van der Waals surface area contributed by atoms with Crippen LogP contribution in [0.2, 0.25) is 0 Å². The molecule has 1 aromatic heterocycles. The van der Waals surface area contributed by atoms with Crippen molar-refractivity contribution in [3.05, 3.63) is 24.0 Å². The minimum Gasteiger partial charge on any atom is -0.369 e. The smallest absolute Gasteiger partial charge is 0.0553 e. The summed E-state index contributed by atoms with van der Waals surface area (Å²) in [5, 5.41) is 0. The molecule has 1 rings (SSSR count). The summed E-state index contributed by atoms with van der Waals surface area (Å²) in [6.07, 6.45) is 3.07. The zero-order valence-electron chi connectivity index (χ0n) is 11.2. The molecule has 0 saturated carbocycles. The molecule has 0 unspecified atom stereocenters. The number of rotatable bonds is 7.